The molecule has 0 aliphatic rings. The van der Waals surface area contributed by atoms with Crippen molar-refractivity contribution >= 4 is 11.6 Å². The van der Waals surface area contributed by atoms with Crippen molar-refractivity contribution in [3.63, 3.8) is 0 Å². The molecule has 1 rings (SSSR count). The highest BCUT2D eigenvalue weighted by Gasteiger charge is 2.02. The molecule has 0 heterocycles. The van der Waals surface area contributed by atoms with Crippen LogP contribution in [0.4, 0.5) is 0 Å². The maximum atomic E-state index is 6.19. The first-order valence-electron chi connectivity index (χ1n) is 6.48. The number of hydrogen-bond acceptors (Lipinski definition) is 0. The molecule has 0 N–H and O–H groups in total. The van der Waals surface area contributed by atoms with Gasteiger partial charge in [0.1, 0.15) is 0 Å². The predicted octanol–water partition coefficient (Wildman–Crippen LogP) is 4.98. The van der Waals surface area contributed by atoms with E-state index in [0.717, 1.165) is 25.7 Å². The molecule has 0 amide bonds. The van der Waals surface area contributed by atoms with Gasteiger partial charge < -0.3 is 0 Å². The van der Waals surface area contributed by atoms with E-state index in [1.807, 2.05) is 0 Å². The van der Waals surface area contributed by atoms with Crippen LogP contribution in [0.2, 0.25) is 0 Å². The van der Waals surface area contributed by atoms with Crippen LogP contribution < -0.4 is 0 Å². The molecule has 0 bridgehead atoms. The molecule has 0 aliphatic carbocycles. The van der Waals surface area contributed by atoms with E-state index in [1.54, 1.807) is 0 Å². The average Bonchev–Trinajstić information content (AvgIpc) is 2.30. The van der Waals surface area contributed by atoms with Gasteiger partial charge in [0.15, 0.2) is 0 Å². The fourth-order valence-electron chi connectivity index (χ4n) is 1.93. The molecular formula is C15H23Cl. The number of benzene rings is 1. The van der Waals surface area contributed by atoms with Crippen molar-refractivity contribution in [2.75, 3.05) is 0 Å². The first kappa shape index (κ1) is 13.6. The Kier molecular flexibility index (Phi) is 6.56. The molecule has 1 aromatic carbocycles. The summed E-state index contributed by atoms with van der Waals surface area (Å²) in [6.45, 7) is 4.39. The Morgan fingerprint density at radius 1 is 1.00 bits per heavy atom. The monoisotopic (exact) mass is 238 g/mol. The molecule has 0 fully saturated rings. The quantitative estimate of drug-likeness (QED) is 0.588. The lowest BCUT2D eigenvalue weighted by atomic mass is 10.0. The van der Waals surface area contributed by atoms with Gasteiger partial charge in [0.25, 0.3) is 0 Å². The largest absolute Gasteiger partial charge is 0.123 e. The third-order valence-corrected chi connectivity index (χ3v) is 3.45. The average molecular weight is 239 g/mol. The van der Waals surface area contributed by atoms with E-state index in [2.05, 4.69) is 38.1 Å². The number of alkyl halides is 1. The summed E-state index contributed by atoms with van der Waals surface area (Å²) in [7, 11) is 0. The standard InChI is InChI=1S/C15H23Cl/c1-3-6-15(16)8-5-7-14-11-9-13(4-2)10-12-14/h9-12,15H,3-8H2,1-2H3. The van der Waals surface area contributed by atoms with Crippen molar-refractivity contribution in [1.82, 2.24) is 0 Å². The molecule has 0 spiro atoms. The SMILES string of the molecule is CCCC(Cl)CCCc1ccc(CC)cc1. The second-order valence-corrected chi connectivity index (χ2v) is 5.07. The fourth-order valence-corrected chi connectivity index (χ4v) is 2.30. The Morgan fingerprint density at radius 3 is 2.19 bits per heavy atom. The molecule has 0 saturated carbocycles. The Hall–Kier alpha value is -0.490. The molecule has 1 aromatic rings. The molecule has 0 aliphatic heterocycles. The first-order chi connectivity index (χ1) is 7.76. The Bertz CT molecular complexity index is 276. The lowest BCUT2D eigenvalue weighted by molar-refractivity contribution is 0.640. The van der Waals surface area contributed by atoms with E-state index in [-0.39, 0.29) is 0 Å². The molecule has 1 unspecified atom stereocenters. The van der Waals surface area contributed by atoms with Crippen molar-refractivity contribution in [2.24, 2.45) is 0 Å². The molecule has 0 aromatic heterocycles. The van der Waals surface area contributed by atoms with Crippen LogP contribution in [-0.2, 0) is 12.8 Å². The van der Waals surface area contributed by atoms with Crippen LogP contribution in [-0.4, -0.2) is 5.38 Å². The van der Waals surface area contributed by atoms with E-state index in [4.69, 9.17) is 11.6 Å². The van der Waals surface area contributed by atoms with Gasteiger partial charge in [-0.3, -0.25) is 0 Å². The van der Waals surface area contributed by atoms with Crippen LogP contribution in [0.5, 0.6) is 0 Å². The molecule has 0 nitrogen and oxygen atoms in total. The fraction of sp³-hybridized carbons (Fsp3) is 0.600. The third kappa shape index (κ3) is 5.03. The van der Waals surface area contributed by atoms with Gasteiger partial charge in [-0.15, -0.1) is 11.6 Å². The van der Waals surface area contributed by atoms with Crippen molar-refractivity contribution in [2.45, 2.75) is 57.7 Å². The van der Waals surface area contributed by atoms with E-state index in [0.29, 0.717) is 5.38 Å². The van der Waals surface area contributed by atoms with Gasteiger partial charge in [-0.05, 0) is 43.2 Å². The summed E-state index contributed by atoms with van der Waals surface area (Å²) >= 11 is 6.19. The van der Waals surface area contributed by atoms with Crippen molar-refractivity contribution in [3.8, 4) is 0 Å². The molecule has 16 heavy (non-hydrogen) atoms. The number of rotatable bonds is 7. The Morgan fingerprint density at radius 2 is 1.62 bits per heavy atom. The van der Waals surface area contributed by atoms with Gasteiger partial charge in [-0.25, -0.2) is 0 Å². The molecule has 90 valence electrons. The van der Waals surface area contributed by atoms with Gasteiger partial charge in [0, 0.05) is 5.38 Å². The number of halogens is 1. The second-order valence-electron chi connectivity index (χ2n) is 4.45. The summed E-state index contributed by atoms with van der Waals surface area (Å²) in [6, 6.07) is 8.98. The summed E-state index contributed by atoms with van der Waals surface area (Å²) in [6.07, 6.45) is 6.98. The summed E-state index contributed by atoms with van der Waals surface area (Å²) < 4.78 is 0. The summed E-state index contributed by atoms with van der Waals surface area (Å²) in [5.74, 6) is 0. The van der Waals surface area contributed by atoms with Crippen LogP contribution in [0.15, 0.2) is 24.3 Å². The lowest BCUT2D eigenvalue weighted by Gasteiger charge is -2.07. The zero-order chi connectivity index (χ0) is 11.8. The van der Waals surface area contributed by atoms with Gasteiger partial charge in [-0.2, -0.15) is 0 Å². The normalized spacial score (nSPS) is 12.7. The minimum Gasteiger partial charge on any atom is -0.123 e. The van der Waals surface area contributed by atoms with Gasteiger partial charge >= 0.3 is 0 Å². The zero-order valence-electron chi connectivity index (χ0n) is 10.5. The smallest absolute Gasteiger partial charge is 0.0336 e. The third-order valence-electron chi connectivity index (χ3n) is 3.02. The molecule has 1 heteroatoms. The highest BCUT2D eigenvalue weighted by atomic mass is 35.5. The molecule has 1 atom stereocenters. The van der Waals surface area contributed by atoms with Crippen LogP contribution in [0, 0.1) is 0 Å². The van der Waals surface area contributed by atoms with Gasteiger partial charge in [0.05, 0.1) is 0 Å². The predicted molar refractivity (Wildman–Crippen MR) is 73.3 cm³/mol. The number of hydrogen-bond donors (Lipinski definition) is 0. The Labute approximate surface area is 105 Å². The lowest BCUT2D eigenvalue weighted by Crippen LogP contribution is -1.98. The number of aryl methyl sites for hydroxylation is 2. The van der Waals surface area contributed by atoms with Crippen LogP contribution in [0.3, 0.4) is 0 Å². The van der Waals surface area contributed by atoms with Crippen LogP contribution in [0.25, 0.3) is 0 Å². The maximum absolute atomic E-state index is 6.19. The van der Waals surface area contributed by atoms with Crippen molar-refractivity contribution in [1.29, 1.82) is 0 Å². The highest BCUT2D eigenvalue weighted by Crippen LogP contribution is 2.15. The van der Waals surface area contributed by atoms with E-state index in [1.165, 1.54) is 24.0 Å². The van der Waals surface area contributed by atoms with Gasteiger partial charge in [-0.1, -0.05) is 44.5 Å². The summed E-state index contributed by atoms with van der Waals surface area (Å²) in [4.78, 5) is 0. The first-order valence-corrected chi connectivity index (χ1v) is 6.91. The van der Waals surface area contributed by atoms with Crippen LogP contribution >= 0.6 is 11.6 Å². The van der Waals surface area contributed by atoms with Gasteiger partial charge in [0.2, 0.25) is 0 Å². The topological polar surface area (TPSA) is 0 Å². The maximum Gasteiger partial charge on any atom is 0.0336 e. The van der Waals surface area contributed by atoms with E-state index < -0.39 is 0 Å². The molecular weight excluding hydrogens is 216 g/mol. The summed E-state index contributed by atoms with van der Waals surface area (Å²) in [5.41, 5.74) is 2.86. The zero-order valence-corrected chi connectivity index (χ0v) is 11.3. The highest BCUT2D eigenvalue weighted by molar-refractivity contribution is 6.20. The summed E-state index contributed by atoms with van der Waals surface area (Å²) in [5, 5.41) is 0.375. The van der Waals surface area contributed by atoms with Crippen molar-refractivity contribution < 1.29 is 0 Å². The van der Waals surface area contributed by atoms with Crippen molar-refractivity contribution in [3.05, 3.63) is 35.4 Å². The molecule has 0 saturated heterocycles. The minimum atomic E-state index is 0.375. The minimum absolute atomic E-state index is 0.375. The molecule has 0 radical (unpaired) electrons. The van der Waals surface area contributed by atoms with E-state index >= 15 is 0 Å². The second kappa shape index (κ2) is 7.73. The Balaban J connectivity index is 2.26. The van der Waals surface area contributed by atoms with E-state index in [9.17, 15) is 0 Å². The van der Waals surface area contributed by atoms with Crippen LogP contribution in [0.1, 0.15) is 50.7 Å².